The first-order chi connectivity index (χ1) is 12.6. The molecule has 27 heavy (non-hydrogen) atoms. The van der Waals surface area contributed by atoms with Crippen molar-refractivity contribution >= 4 is 29.9 Å². The molecule has 1 saturated heterocycles. The smallest absolute Gasteiger partial charge is 0.194 e. The summed E-state index contributed by atoms with van der Waals surface area (Å²) in [4.78, 5) is 16.1. The zero-order valence-corrected chi connectivity index (χ0v) is 19.1. The van der Waals surface area contributed by atoms with Gasteiger partial charge in [-0.15, -0.1) is 24.0 Å². The van der Waals surface area contributed by atoms with Gasteiger partial charge in [-0.3, -0.25) is 4.57 Å². The molecular formula is C20H31IN6. The summed E-state index contributed by atoms with van der Waals surface area (Å²) < 4.78 is 1.98. The molecule has 1 N–H and O–H groups in total. The summed E-state index contributed by atoms with van der Waals surface area (Å²) in [5, 5.41) is 3.45. The minimum Gasteiger partial charge on any atom is -0.357 e. The molecule has 1 aliphatic heterocycles. The first-order valence-corrected chi connectivity index (χ1v) is 9.55. The Labute approximate surface area is 179 Å². The fraction of sp³-hybridized carbons (Fsp3) is 0.550. The fourth-order valence-corrected chi connectivity index (χ4v) is 3.70. The van der Waals surface area contributed by atoms with Crippen molar-refractivity contribution in [1.82, 2.24) is 24.8 Å². The Morgan fingerprint density at radius 3 is 2.52 bits per heavy atom. The van der Waals surface area contributed by atoms with Gasteiger partial charge in [0.1, 0.15) is 11.6 Å². The minimum absolute atomic E-state index is 0. The van der Waals surface area contributed by atoms with Gasteiger partial charge in [-0.25, -0.2) is 15.0 Å². The zero-order chi connectivity index (χ0) is 18.5. The molecule has 1 fully saturated rings. The third-order valence-electron chi connectivity index (χ3n) is 4.80. The topological polar surface area (TPSA) is 58.3 Å². The van der Waals surface area contributed by atoms with Gasteiger partial charge < -0.3 is 10.2 Å². The van der Waals surface area contributed by atoms with Crippen molar-refractivity contribution < 1.29 is 0 Å². The Balaban J connectivity index is 0.00000261. The Kier molecular flexibility index (Phi) is 8.07. The van der Waals surface area contributed by atoms with E-state index in [4.69, 9.17) is 4.99 Å². The molecule has 3 heterocycles. The van der Waals surface area contributed by atoms with Crippen molar-refractivity contribution in [2.24, 2.45) is 16.8 Å². The van der Waals surface area contributed by atoms with Crippen LogP contribution >= 0.6 is 24.0 Å². The maximum Gasteiger partial charge on any atom is 0.194 e. The van der Waals surface area contributed by atoms with Crippen LogP contribution < -0.4 is 5.32 Å². The molecule has 2 atom stereocenters. The highest BCUT2D eigenvalue weighted by molar-refractivity contribution is 14.0. The lowest BCUT2D eigenvalue weighted by molar-refractivity contribution is 0.208. The number of nitrogens with one attached hydrogen (secondary N) is 1. The fourth-order valence-electron chi connectivity index (χ4n) is 3.70. The number of aliphatic imine (C=N–C) groups is 1. The number of nitrogens with zero attached hydrogens (tertiary/aromatic N) is 5. The Morgan fingerprint density at radius 1 is 1.22 bits per heavy atom. The summed E-state index contributed by atoms with van der Waals surface area (Å²) in [6, 6.07) is 4.12. The molecule has 2 unspecified atom stereocenters. The lowest BCUT2D eigenvalue weighted by Crippen LogP contribution is -2.48. The second-order valence-corrected chi connectivity index (χ2v) is 7.39. The van der Waals surface area contributed by atoms with Crippen LogP contribution in [0, 0.1) is 18.8 Å². The molecule has 6 nitrogen and oxygen atoms in total. The highest BCUT2D eigenvalue weighted by Gasteiger charge is 2.23. The van der Waals surface area contributed by atoms with Crippen LogP contribution in [-0.2, 0) is 6.54 Å². The first-order valence-electron chi connectivity index (χ1n) is 9.55. The van der Waals surface area contributed by atoms with E-state index in [2.05, 4.69) is 47.0 Å². The highest BCUT2D eigenvalue weighted by Crippen LogP contribution is 2.21. The molecular weight excluding hydrogens is 451 g/mol. The van der Waals surface area contributed by atoms with E-state index in [-0.39, 0.29) is 24.0 Å². The van der Waals surface area contributed by atoms with E-state index in [0.29, 0.717) is 18.4 Å². The van der Waals surface area contributed by atoms with E-state index < -0.39 is 0 Å². The summed E-state index contributed by atoms with van der Waals surface area (Å²) >= 11 is 0. The minimum atomic E-state index is 0. The normalized spacial score (nSPS) is 20.3. The molecule has 0 spiro atoms. The van der Waals surface area contributed by atoms with E-state index in [1.807, 2.05) is 30.0 Å². The van der Waals surface area contributed by atoms with Crippen molar-refractivity contribution in [2.45, 2.75) is 40.7 Å². The van der Waals surface area contributed by atoms with Crippen LogP contribution in [0.25, 0.3) is 5.82 Å². The van der Waals surface area contributed by atoms with Crippen LogP contribution in [0.2, 0.25) is 0 Å². The second-order valence-electron chi connectivity index (χ2n) is 7.39. The summed E-state index contributed by atoms with van der Waals surface area (Å²) in [5.41, 5.74) is 1.11. The average Bonchev–Trinajstić information content (AvgIpc) is 3.04. The Hall–Kier alpha value is -1.64. The third-order valence-corrected chi connectivity index (χ3v) is 4.80. The molecule has 0 aliphatic carbocycles. The molecule has 2 aromatic rings. The van der Waals surface area contributed by atoms with Crippen molar-refractivity contribution in [2.75, 3.05) is 19.6 Å². The zero-order valence-electron chi connectivity index (χ0n) is 16.7. The SMILES string of the molecule is CCNC(=NCc1ccc(-n2ccnc2C)nc1)N1CC(C)CC(C)C1.I. The van der Waals surface area contributed by atoms with Gasteiger partial charge in [0.2, 0.25) is 0 Å². The average molecular weight is 482 g/mol. The Morgan fingerprint density at radius 2 is 1.96 bits per heavy atom. The van der Waals surface area contributed by atoms with E-state index in [1.165, 1.54) is 6.42 Å². The van der Waals surface area contributed by atoms with Gasteiger partial charge in [0.05, 0.1) is 6.54 Å². The van der Waals surface area contributed by atoms with Crippen molar-refractivity contribution in [3.63, 3.8) is 0 Å². The van der Waals surface area contributed by atoms with Gasteiger partial charge >= 0.3 is 0 Å². The second kappa shape index (κ2) is 10.1. The highest BCUT2D eigenvalue weighted by atomic mass is 127. The predicted molar refractivity (Wildman–Crippen MR) is 121 cm³/mol. The Bertz CT molecular complexity index is 729. The summed E-state index contributed by atoms with van der Waals surface area (Å²) in [6.45, 7) is 12.4. The number of halogens is 1. The standard InChI is InChI=1S/C20H30N6.HI/c1-5-21-20(25-13-15(2)10-16(3)14-25)24-12-18-6-7-19(23-11-18)26-9-8-22-17(26)4;/h6-9,11,15-16H,5,10,12-14H2,1-4H3,(H,21,24);1H. The number of piperidine rings is 1. The molecule has 0 aromatic carbocycles. The molecule has 0 saturated carbocycles. The molecule has 7 heteroatoms. The van der Waals surface area contributed by atoms with E-state index in [0.717, 1.165) is 42.8 Å². The molecule has 0 bridgehead atoms. The van der Waals surface area contributed by atoms with Crippen molar-refractivity contribution in [3.8, 4) is 5.82 Å². The maximum absolute atomic E-state index is 4.86. The number of pyridine rings is 1. The summed E-state index contributed by atoms with van der Waals surface area (Å²) in [6.07, 6.45) is 6.92. The van der Waals surface area contributed by atoms with Crippen LogP contribution in [0.1, 0.15) is 38.6 Å². The number of hydrogen-bond donors (Lipinski definition) is 1. The number of rotatable bonds is 4. The van der Waals surface area contributed by atoms with Crippen molar-refractivity contribution in [3.05, 3.63) is 42.1 Å². The molecule has 148 valence electrons. The number of aromatic nitrogens is 3. The van der Waals surface area contributed by atoms with Gasteiger partial charge in [0.15, 0.2) is 5.96 Å². The van der Waals surface area contributed by atoms with Gasteiger partial charge in [-0.2, -0.15) is 0 Å². The summed E-state index contributed by atoms with van der Waals surface area (Å²) in [5.74, 6) is 4.26. The number of hydrogen-bond acceptors (Lipinski definition) is 3. The van der Waals surface area contributed by atoms with Gasteiger partial charge in [0.25, 0.3) is 0 Å². The van der Waals surface area contributed by atoms with Crippen LogP contribution in [0.15, 0.2) is 35.7 Å². The monoisotopic (exact) mass is 482 g/mol. The molecule has 3 rings (SSSR count). The maximum atomic E-state index is 4.86. The molecule has 1 aliphatic rings. The van der Waals surface area contributed by atoms with Gasteiger partial charge in [-0.05, 0) is 43.7 Å². The van der Waals surface area contributed by atoms with Crippen LogP contribution in [0.3, 0.4) is 0 Å². The van der Waals surface area contributed by atoms with Gasteiger partial charge in [0, 0.05) is 38.2 Å². The van der Waals surface area contributed by atoms with Crippen LogP contribution in [-0.4, -0.2) is 45.0 Å². The van der Waals surface area contributed by atoms with Crippen molar-refractivity contribution in [1.29, 1.82) is 0 Å². The molecule has 0 radical (unpaired) electrons. The first kappa shape index (κ1) is 21.7. The number of aryl methyl sites for hydroxylation is 1. The van der Waals surface area contributed by atoms with Crippen LogP contribution in [0.4, 0.5) is 0 Å². The van der Waals surface area contributed by atoms with E-state index in [1.54, 1.807) is 6.20 Å². The quantitative estimate of drug-likeness (QED) is 0.411. The van der Waals surface area contributed by atoms with E-state index >= 15 is 0 Å². The third kappa shape index (κ3) is 5.67. The molecule has 2 aromatic heterocycles. The summed E-state index contributed by atoms with van der Waals surface area (Å²) in [7, 11) is 0. The van der Waals surface area contributed by atoms with Crippen LogP contribution in [0.5, 0.6) is 0 Å². The largest absolute Gasteiger partial charge is 0.357 e. The number of guanidine groups is 1. The lowest BCUT2D eigenvalue weighted by atomic mass is 9.92. The number of likely N-dealkylation sites (tertiary alicyclic amines) is 1. The predicted octanol–water partition coefficient (Wildman–Crippen LogP) is 3.64. The molecule has 0 amide bonds. The van der Waals surface area contributed by atoms with E-state index in [9.17, 15) is 0 Å². The van der Waals surface area contributed by atoms with Gasteiger partial charge in [-0.1, -0.05) is 19.9 Å². The number of imidazole rings is 1. The lowest BCUT2D eigenvalue weighted by Gasteiger charge is -2.37.